The zero-order chi connectivity index (χ0) is 9.19. The molecule has 0 amide bonds. The third-order valence-corrected chi connectivity index (χ3v) is 1.68. The van der Waals surface area contributed by atoms with E-state index in [4.69, 9.17) is 6.42 Å². The maximum absolute atomic E-state index is 13.0. The van der Waals surface area contributed by atoms with E-state index >= 15 is 0 Å². The van der Waals surface area contributed by atoms with Gasteiger partial charge in [-0.1, -0.05) is 24.1 Å². The highest BCUT2D eigenvalue weighted by Crippen LogP contribution is 2.21. The molecule has 1 rings (SSSR count). The molecule has 1 N–H and O–H groups in total. The minimum absolute atomic E-state index is 0.132. The standard InChI is InChI=1S/C10H9FO/c1-3-10(2,12)8-6-4-5-7-9(8)11/h1,4-7,12H,2H3/t10-/m1/s1. The predicted molar refractivity (Wildman–Crippen MR) is 44.8 cm³/mol. The molecule has 0 aliphatic rings. The Morgan fingerprint density at radius 3 is 2.58 bits per heavy atom. The fraction of sp³-hybridized carbons (Fsp3) is 0.200. The van der Waals surface area contributed by atoms with Crippen molar-refractivity contribution in [3.05, 3.63) is 35.6 Å². The van der Waals surface area contributed by atoms with Gasteiger partial charge in [-0.15, -0.1) is 6.42 Å². The molecule has 0 unspecified atom stereocenters. The van der Waals surface area contributed by atoms with Gasteiger partial charge < -0.3 is 5.11 Å². The van der Waals surface area contributed by atoms with Crippen LogP contribution in [0.3, 0.4) is 0 Å². The normalized spacial score (nSPS) is 14.8. The molecule has 0 saturated carbocycles. The monoisotopic (exact) mass is 164 g/mol. The molecule has 1 aromatic rings. The van der Waals surface area contributed by atoms with Gasteiger partial charge in [0.05, 0.1) is 0 Å². The highest BCUT2D eigenvalue weighted by molar-refractivity contribution is 5.30. The highest BCUT2D eigenvalue weighted by Gasteiger charge is 2.22. The van der Waals surface area contributed by atoms with E-state index < -0.39 is 11.4 Å². The molecule has 0 radical (unpaired) electrons. The molecule has 2 heteroatoms. The molecule has 0 aliphatic carbocycles. The van der Waals surface area contributed by atoms with Crippen LogP contribution in [-0.2, 0) is 5.60 Å². The Morgan fingerprint density at radius 2 is 2.08 bits per heavy atom. The van der Waals surface area contributed by atoms with Crippen LogP contribution in [0.1, 0.15) is 12.5 Å². The fourth-order valence-corrected chi connectivity index (χ4v) is 0.934. The SMILES string of the molecule is C#C[C@@](C)(O)c1ccccc1F. The molecule has 0 bridgehead atoms. The smallest absolute Gasteiger partial charge is 0.150 e. The average molecular weight is 164 g/mol. The molecular formula is C10H9FO. The molecule has 0 heterocycles. The number of hydrogen-bond acceptors (Lipinski definition) is 1. The Hall–Kier alpha value is -1.33. The first-order valence-electron chi connectivity index (χ1n) is 3.53. The van der Waals surface area contributed by atoms with Gasteiger partial charge in [0.25, 0.3) is 0 Å². The summed E-state index contributed by atoms with van der Waals surface area (Å²) in [5.74, 6) is 1.63. The van der Waals surface area contributed by atoms with Crippen molar-refractivity contribution in [1.82, 2.24) is 0 Å². The Morgan fingerprint density at radius 1 is 1.50 bits per heavy atom. The molecule has 0 aromatic heterocycles. The van der Waals surface area contributed by atoms with E-state index in [1.165, 1.54) is 19.1 Å². The van der Waals surface area contributed by atoms with Crippen LogP contribution in [0.15, 0.2) is 24.3 Å². The summed E-state index contributed by atoms with van der Waals surface area (Å²) < 4.78 is 13.0. The molecule has 0 fully saturated rings. The van der Waals surface area contributed by atoms with Crippen LogP contribution in [0.25, 0.3) is 0 Å². The van der Waals surface area contributed by atoms with Gasteiger partial charge >= 0.3 is 0 Å². The molecule has 0 aliphatic heterocycles. The van der Waals surface area contributed by atoms with Crippen molar-refractivity contribution in [1.29, 1.82) is 0 Å². The minimum Gasteiger partial charge on any atom is -0.374 e. The second-order valence-electron chi connectivity index (χ2n) is 2.70. The molecule has 1 nitrogen and oxygen atoms in total. The van der Waals surface area contributed by atoms with Crippen molar-refractivity contribution in [2.75, 3.05) is 0 Å². The van der Waals surface area contributed by atoms with Gasteiger partial charge in [-0.2, -0.15) is 0 Å². The minimum atomic E-state index is -1.52. The van der Waals surface area contributed by atoms with E-state index in [1.807, 2.05) is 0 Å². The lowest BCUT2D eigenvalue weighted by atomic mass is 9.97. The van der Waals surface area contributed by atoms with Crippen LogP contribution >= 0.6 is 0 Å². The lowest BCUT2D eigenvalue weighted by Gasteiger charge is -2.16. The lowest BCUT2D eigenvalue weighted by Crippen LogP contribution is -2.19. The molecule has 1 aromatic carbocycles. The van der Waals surface area contributed by atoms with E-state index in [2.05, 4.69) is 5.92 Å². The third-order valence-electron chi connectivity index (χ3n) is 1.68. The summed E-state index contributed by atoms with van der Waals surface area (Å²) >= 11 is 0. The van der Waals surface area contributed by atoms with Crippen molar-refractivity contribution in [2.45, 2.75) is 12.5 Å². The molecule has 12 heavy (non-hydrogen) atoms. The van der Waals surface area contributed by atoms with Gasteiger partial charge in [0.15, 0.2) is 5.60 Å². The maximum atomic E-state index is 13.0. The first-order valence-corrected chi connectivity index (χ1v) is 3.53. The van der Waals surface area contributed by atoms with E-state index in [0.717, 1.165) is 0 Å². The number of aliphatic hydroxyl groups is 1. The Labute approximate surface area is 70.9 Å². The van der Waals surface area contributed by atoms with Crippen LogP contribution in [0, 0.1) is 18.2 Å². The van der Waals surface area contributed by atoms with E-state index in [1.54, 1.807) is 12.1 Å². The number of halogens is 1. The number of benzene rings is 1. The van der Waals surface area contributed by atoms with Gasteiger partial charge in [0.1, 0.15) is 5.82 Å². The molecule has 1 atom stereocenters. The van der Waals surface area contributed by atoms with E-state index in [9.17, 15) is 9.50 Å². The summed E-state index contributed by atoms with van der Waals surface area (Å²) in [5, 5.41) is 9.50. The summed E-state index contributed by atoms with van der Waals surface area (Å²) in [7, 11) is 0. The summed E-state index contributed by atoms with van der Waals surface area (Å²) in [5.41, 5.74) is -1.39. The van der Waals surface area contributed by atoms with Crippen LogP contribution in [0.4, 0.5) is 4.39 Å². The highest BCUT2D eigenvalue weighted by atomic mass is 19.1. The number of hydrogen-bond donors (Lipinski definition) is 1. The Bertz CT molecular complexity index is 323. The zero-order valence-electron chi connectivity index (χ0n) is 6.71. The van der Waals surface area contributed by atoms with Crippen LogP contribution in [0.2, 0.25) is 0 Å². The lowest BCUT2D eigenvalue weighted by molar-refractivity contribution is 0.118. The summed E-state index contributed by atoms with van der Waals surface area (Å²) in [4.78, 5) is 0. The largest absolute Gasteiger partial charge is 0.374 e. The second-order valence-corrected chi connectivity index (χ2v) is 2.70. The third kappa shape index (κ3) is 1.46. The van der Waals surface area contributed by atoms with Gasteiger partial charge in [0, 0.05) is 5.56 Å². The topological polar surface area (TPSA) is 20.2 Å². The second kappa shape index (κ2) is 2.96. The molecule has 0 saturated heterocycles. The van der Waals surface area contributed by atoms with Crippen molar-refractivity contribution < 1.29 is 9.50 Å². The van der Waals surface area contributed by atoms with Crippen LogP contribution in [-0.4, -0.2) is 5.11 Å². The first kappa shape index (κ1) is 8.76. The van der Waals surface area contributed by atoms with Gasteiger partial charge in [-0.05, 0) is 13.0 Å². The van der Waals surface area contributed by atoms with Crippen molar-refractivity contribution in [2.24, 2.45) is 0 Å². The quantitative estimate of drug-likeness (QED) is 0.626. The van der Waals surface area contributed by atoms with Crippen molar-refractivity contribution in [3.63, 3.8) is 0 Å². The average Bonchev–Trinajstić information content (AvgIpc) is 2.05. The zero-order valence-corrected chi connectivity index (χ0v) is 6.71. The first-order chi connectivity index (χ1) is 5.58. The van der Waals surface area contributed by atoms with Crippen molar-refractivity contribution >= 4 is 0 Å². The summed E-state index contributed by atoms with van der Waals surface area (Å²) in [6.07, 6.45) is 5.04. The van der Waals surface area contributed by atoms with Crippen LogP contribution < -0.4 is 0 Å². The van der Waals surface area contributed by atoms with Gasteiger partial charge in [-0.3, -0.25) is 0 Å². The summed E-state index contributed by atoms with van der Waals surface area (Å²) in [6, 6.07) is 5.91. The van der Waals surface area contributed by atoms with Crippen molar-refractivity contribution in [3.8, 4) is 12.3 Å². The van der Waals surface area contributed by atoms with E-state index in [-0.39, 0.29) is 5.56 Å². The van der Waals surface area contributed by atoms with E-state index in [0.29, 0.717) is 0 Å². The Balaban J connectivity index is 3.22. The van der Waals surface area contributed by atoms with Gasteiger partial charge in [0.2, 0.25) is 0 Å². The number of terminal acetylenes is 1. The molecular weight excluding hydrogens is 155 g/mol. The Kier molecular flexibility index (Phi) is 2.16. The fourth-order valence-electron chi connectivity index (χ4n) is 0.934. The van der Waals surface area contributed by atoms with Crippen LogP contribution in [0.5, 0.6) is 0 Å². The van der Waals surface area contributed by atoms with Gasteiger partial charge in [-0.25, -0.2) is 4.39 Å². The number of rotatable bonds is 1. The molecule has 62 valence electrons. The predicted octanol–water partition coefficient (Wildman–Crippen LogP) is 1.67. The summed E-state index contributed by atoms with van der Waals surface area (Å²) in [6.45, 7) is 1.38. The maximum Gasteiger partial charge on any atom is 0.150 e. The molecule has 0 spiro atoms.